The number of fused-ring (bicyclic) bond motifs is 1. The van der Waals surface area contributed by atoms with E-state index in [9.17, 15) is 4.79 Å². The lowest BCUT2D eigenvalue weighted by Crippen LogP contribution is -1.88. The summed E-state index contributed by atoms with van der Waals surface area (Å²) in [4.78, 5) is 20.5. The van der Waals surface area contributed by atoms with E-state index in [1.165, 1.54) is 6.08 Å². The number of carbonyl (C=O) groups excluding carboxylic acids is 1. The highest BCUT2D eigenvalue weighted by atomic mass is 16.1. The van der Waals surface area contributed by atoms with Crippen molar-refractivity contribution in [3.05, 3.63) is 30.1 Å². The van der Waals surface area contributed by atoms with Crippen LogP contribution >= 0.6 is 0 Å². The van der Waals surface area contributed by atoms with Crippen molar-refractivity contribution in [1.82, 2.24) is 9.97 Å². The third kappa shape index (κ3) is 1.70. The number of nitrogens with zero attached hydrogens (tertiary/aromatic N) is 2. The molecule has 1 heterocycles. The molecule has 0 radical (unpaired) electrons. The molecule has 0 saturated heterocycles. The topological polar surface area (TPSA) is 58.1 Å². The van der Waals surface area contributed by atoms with E-state index in [0.717, 1.165) is 23.0 Å². The Labute approximate surface area is 80.7 Å². The molecule has 0 saturated carbocycles. The van der Waals surface area contributed by atoms with Gasteiger partial charge in [0.25, 0.3) is 0 Å². The standard InChI is InChI=1S/C10H9N3O/c14-7-11-4-3-8-1-2-9-10(5-8)13-6-12-9/h1-2,5-6H,3-4H2,(H,12,13). The summed E-state index contributed by atoms with van der Waals surface area (Å²) in [5.41, 5.74) is 3.10. The minimum Gasteiger partial charge on any atom is -0.345 e. The van der Waals surface area contributed by atoms with Gasteiger partial charge in [-0.3, -0.25) is 0 Å². The van der Waals surface area contributed by atoms with Gasteiger partial charge in [0.1, 0.15) is 0 Å². The Morgan fingerprint density at radius 1 is 1.50 bits per heavy atom. The Morgan fingerprint density at radius 3 is 3.29 bits per heavy atom. The van der Waals surface area contributed by atoms with Crippen LogP contribution in [0.15, 0.2) is 29.5 Å². The molecule has 2 rings (SSSR count). The molecule has 0 aliphatic rings. The molecule has 2 aromatic rings. The van der Waals surface area contributed by atoms with E-state index < -0.39 is 0 Å². The number of aliphatic imine (C=N–C) groups is 1. The predicted molar refractivity (Wildman–Crippen MR) is 52.8 cm³/mol. The number of hydrogen-bond acceptors (Lipinski definition) is 3. The summed E-state index contributed by atoms with van der Waals surface area (Å²) in [6.45, 7) is 0.489. The van der Waals surface area contributed by atoms with E-state index in [2.05, 4.69) is 15.0 Å². The van der Waals surface area contributed by atoms with Crippen LogP contribution in [0.1, 0.15) is 5.56 Å². The maximum Gasteiger partial charge on any atom is 0.234 e. The van der Waals surface area contributed by atoms with Gasteiger partial charge in [-0.1, -0.05) is 6.07 Å². The normalized spacial score (nSPS) is 10.0. The molecule has 70 valence electrons. The Morgan fingerprint density at radius 2 is 2.43 bits per heavy atom. The minimum atomic E-state index is 0.489. The van der Waals surface area contributed by atoms with Crippen LogP contribution in [-0.4, -0.2) is 22.6 Å². The number of nitrogens with one attached hydrogen (secondary N) is 1. The van der Waals surface area contributed by atoms with Crippen LogP contribution in [0.4, 0.5) is 0 Å². The molecule has 1 N–H and O–H groups in total. The largest absolute Gasteiger partial charge is 0.345 e. The van der Waals surface area contributed by atoms with Crippen molar-refractivity contribution in [3.8, 4) is 0 Å². The van der Waals surface area contributed by atoms with Gasteiger partial charge in [0, 0.05) is 0 Å². The predicted octanol–water partition coefficient (Wildman–Crippen LogP) is 1.44. The third-order valence-electron chi connectivity index (χ3n) is 2.06. The average molecular weight is 187 g/mol. The Hall–Kier alpha value is -1.93. The molecular formula is C10H9N3O. The number of hydrogen-bond donors (Lipinski definition) is 1. The molecule has 0 atom stereocenters. The lowest BCUT2D eigenvalue weighted by atomic mass is 10.1. The molecule has 0 unspecified atom stereocenters. The second-order valence-corrected chi connectivity index (χ2v) is 2.98. The first-order chi connectivity index (χ1) is 6.90. The van der Waals surface area contributed by atoms with Crippen molar-refractivity contribution in [3.63, 3.8) is 0 Å². The molecular weight excluding hydrogens is 178 g/mol. The van der Waals surface area contributed by atoms with E-state index >= 15 is 0 Å². The van der Waals surface area contributed by atoms with Crippen molar-refractivity contribution >= 4 is 17.1 Å². The third-order valence-corrected chi connectivity index (χ3v) is 2.06. The number of aromatic amines is 1. The van der Waals surface area contributed by atoms with Gasteiger partial charge in [0.05, 0.1) is 23.9 Å². The second-order valence-electron chi connectivity index (χ2n) is 2.98. The summed E-state index contributed by atoms with van der Waals surface area (Å²) in [5.74, 6) is 0. The molecule has 0 spiro atoms. The van der Waals surface area contributed by atoms with Crippen LogP contribution in [0.25, 0.3) is 11.0 Å². The SMILES string of the molecule is O=C=NCCc1ccc2nc[nH]c2c1. The first-order valence-electron chi connectivity index (χ1n) is 4.36. The zero-order chi connectivity index (χ0) is 9.80. The Balaban J connectivity index is 2.21. The van der Waals surface area contributed by atoms with Crippen LogP contribution in [0.5, 0.6) is 0 Å². The number of H-pyrrole nitrogens is 1. The van der Waals surface area contributed by atoms with Gasteiger partial charge in [-0.25, -0.2) is 14.8 Å². The average Bonchev–Trinajstić information content (AvgIpc) is 2.65. The number of benzene rings is 1. The molecule has 0 aliphatic carbocycles. The molecule has 0 bridgehead atoms. The summed E-state index contributed by atoms with van der Waals surface area (Å²) in [6.07, 6.45) is 3.94. The van der Waals surface area contributed by atoms with Crippen LogP contribution in [0, 0.1) is 0 Å². The fourth-order valence-electron chi connectivity index (χ4n) is 1.37. The number of imidazole rings is 1. The van der Waals surface area contributed by atoms with Gasteiger partial charge in [-0.15, -0.1) is 0 Å². The Bertz CT molecular complexity index is 483. The van der Waals surface area contributed by atoms with E-state index in [-0.39, 0.29) is 0 Å². The summed E-state index contributed by atoms with van der Waals surface area (Å²) in [7, 11) is 0. The van der Waals surface area contributed by atoms with E-state index in [1.807, 2.05) is 18.2 Å². The number of rotatable bonds is 3. The quantitative estimate of drug-likeness (QED) is 0.583. The van der Waals surface area contributed by atoms with Gasteiger partial charge >= 0.3 is 0 Å². The first-order valence-corrected chi connectivity index (χ1v) is 4.36. The maximum absolute atomic E-state index is 9.86. The summed E-state index contributed by atoms with van der Waals surface area (Å²) >= 11 is 0. The fourth-order valence-corrected chi connectivity index (χ4v) is 1.37. The first kappa shape index (κ1) is 8.66. The highest BCUT2D eigenvalue weighted by Gasteiger charge is 1.97. The van der Waals surface area contributed by atoms with Gasteiger partial charge in [-0.05, 0) is 24.1 Å². The van der Waals surface area contributed by atoms with Crippen LogP contribution in [0.2, 0.25) is 0 Å². The highest BCUT2D eigenvalue weighted by Crippen LogP contribution is 2.11. The van der Waals surface area contributed by atoms with Gasteiger partial charge < -0.3 is 4.98 Å². The molecule has 4 nitrogen and oxygen atoms in total. The van der Waals surface area contributed by atoms with Crippen molar-refractivity contribution in [1.29, 1.82) is 0 Å². The van der Waals surface area contributed by atoms with Crippen molar-refractivity contribution in [2.24, 2.45) is 4.99 Å². The zero-order valence-electron chi connectivity index (χ0n) is 7.53. The zero-order valence-corrected chi connectivity index (χ0v) is 7.53. The van der Waals surface area contributed by atoms with Crippen molar-refractivity contribution < 1.29 is 4.79 Å². The maximum atomic E-state index is 9.86. The van der Waals surface area contributed by atoms with E-state index in [1.54, 1.807) is 6.33 Å². The summed E-state index contributed by atoms with van der Waals surface area (Å²) < 4.78 is 0. The second kappa shape index (κ2) is 3.85. The molecule has 14 heavy (non-hydrogen) atoms. The van der Waals surface area contributed by atoms with Crippen LogP contribution in [-0.2, 0) is 11.2 Å². The molecule has 0 aliphatic heterocycles. The fraction of sp³-hybridized carbons (Fsp3) is 0.200. The van der Waals surface area contributed by atoms with Crippen LogP contribution in [0.3, 0.4) is 0 Å². The van der Waals surface area contributed by atoms with Crippen LogP contribution < -0.4 is 0 Å². The lowest BCUT2D eigenvalue weighted by molar-refractivity contribution is 0.563. The van der Waals surface area contributed by atoms with E-state index in [0.29, 0.717) is 6.54 Å². The summed E-state index contributed by atoms with van der Waals surface area (Å²) in [5, 5.41) is 0. The smallest absolute Gasteiger partial charge is 0.234 e. The van der Waals surface area contributed by atoms with Crippen molar-refractivity contribution in [2.75, 3.05) is 6.54 Å². The molecule has 0 fully saturated rings. The number of isocyanates is 1. The Kier molecular flexibility index (Phi) is 2.38. The monoisotopic (exact) mass is 187 g/mol. The number of aromatic nitrogens is 2. The van der Waals surface area contributed by atoms with Gasteiger partial charge in [-0.2, -0.15) is 0 Å². The van der Waals surface area contributed by atoms with Gasteiger partial charge in [0.15, 0.2) is 0 Å². The summed E-state index contributed by atoms with van der Waals surface area (Å²) in [6, 6.07) is 5.96. The molecule has 1 aromatic heterocycles. The molecule has 4 heteroatoms. The molecule has 1 aromatic carbocycles. The van der Waals surface area contributed by atoms with Crippen molar-refractivity contribution in [2.45, 2.75) is 6.42 Å². The lowest BCUT2D eigenvalue weighted by Gasteiger charge is -1.96. The van der Waals surface area contributed by atoms with Gasteiger partial charge in [0.2, 0.25) is 6.08 Å². The molecule has 0 amide bonds. The highest BCUT2D eigenvalue weighted by molar-refractivity contribution is 5.75. The van der Waals surface area contributed by atoms with E-state index in [4.69, 9.17) is 0 Å². The minimum absolute atomic E-state index is 0.489.